The molecule has 1 aliphatic carbocycles. The van der Waals surface area contributed by atoms with Crippen LogP contribution in [-0.2, 0) is 5.54 Å². The molecule has 0 radical (unpaired) electrons. The number of hydrogen-bond acceptors (Lipinski definition) is 2. The van der Waals surface area contributed by atoms with Crippen LogP contribution >= 0.6 is 0 Å². The van der Waals surface area contributed by atoms with Gasteiger partial charge in [0.25, 0.3) is 0 Å². The molecule has 0 bridgehead atoms. The maximum atomic E-state index is 6.95. The summed E-state index contributed by atoms with van der Waals surface area (Å²) < 4.78 is 0. The quantitative estimate of drug-likeness (QED) is 0.490. The van der Waals surface area contributed by atoms with E-state index in [1.54, 1.807) is 0 Å². The number of hydrogen-bond donors (Lipinski definition) is 2. The van der Waals surface area contributed by atoms with Gasteiger partial charge in [-0.05, 0) is 40.3 Å². The average Bonchev–Trinajstić information content (AvgIpc) is 2.73. The summed E-state index contributed by atoms with van der Waals surface area (Å²) in [5.74, 6) is 0. The highest BCUT2D eigenvalue weighted by molar-refractivity contribution is 6.04. The predicted molar refractivity (Wildman–Crippen MR) is 114 cm³/mol. The van der Waals surface area contributed by atoms with Crippen molar-refractivity contribution in [2.45, 2.75) is 5.54 Å². The van der Waals surface area contributed by atoms with Crippen molar-refractivity contribution >= 4 is 28.2 Å². The van der Waals surface area contributed by atoms with Gasteiger partial charge < -0.3 is 11.1 Å². The van der Waals surface area contributed by atoms with Crippen molar-refractivity contribution in [3.05, 3.63) is 114 Å². The Kier molecular flexibility index (Phi) is 3.59. The Morgan fingerprint density at radius 1 is 0.704 bits per heavy atom. The fraction of sp³-hybridized carbons (Fsp3) is 0.0400. The van der Waals surface area contributed by atoms with Crippen LogP contribution in [0, 0.1) is 0 Å². The van der Waals surface area contributed by atoms with E-state index in [0.29, 0.717) is 0 Å². The Morgan fingerprint density at radius 3 is 2.22 bits per heavy atom. The number of nitrogens with two attached hydrogens (primary N) is 1. The van der Waals surface area contributed by atoms with Crippen molar-refractivity contribution in [1.29, 1.82) is 0 Å². The molecule has 2 nitrogen and oxygen atoms in total. The van der Waals surface area contributed by atoms with E-state index in [1.807, 2.05) is 36.4 Å². The van der Waals surface area contributed by atoms with E-state index in [2.05, 4.69) is 72.1 Å². The zero-order chi connectivity index (χ0) is 18.3. The average molecular weight is 348 g/mol. The Balaban J connectivity index is 1.72. The van der Waals surface area contributed by atoms with Crippen molar-refractivity contribution in [3.8, 4) is 0 Å². The van der Waals surface area contributed by atoms with Gasteiger partial charge in [0, 0.05) is 16.8 Å². The first kappa shape index (κ1) is 15.9. The van der Waals surface area contributed by atoms with Crippen LogP contribution in [-0.4, -0.2) is 0 Å². The van der Waals surface area contributed by atoms with Gasteiger partial charge in [0.2, 0.25) is 0 Å². The van der Waals surface area contributed by atoms with Crippen LogP contribution in [0.3, 0.4) is 0 Å². The molecule has 4 aromatic rings. The summed E-state index contributed by atoms with van der Waals surface area (Å²) in [6, 6.07) is 31.3. The minimum atomic E-state index is -0.626. The molecule has 0 aromatic heterocycles. The zero-order valence-corrected chi connectivity index (χ0v) is 14.9. The third-order valence-corrected chi connectivity index (χ3v) is 5.35. The molecule has 1 atom stereocenters. The molecule has 0 fully saturated rings. The summed E-state index contributed by atoms with van der Waals surface area (Å²) in [5, 5.41) is 5.95. The predicted octanol–water partition coefficient (Wildman–Crippen LogP) is 5.81. The maximum absolute atomic E-state index is 6.95. The largest absolute Gasteiger partial charge is 0.355 e. The van der Waals surface area contributed by atoms with E-state index in [9.17, 15) is 0 Å². The summed E-state index contributed by atoms with van der Waals surface area (Å²) >= 11 is 0. The third-order valence-electron chi connectivity index (χ3n) is 5.35. The van der Waals surface area contributed by atoms with Gasteiger partial charge >= 0.3 is 0 Å². The van der Waals surface area contributed by atoms with Gasteiger partial charge in [-0.3, -0.25) is 0 Å². The Hall–Kier alpha value is -3.36. The highest BCUT2D eigenvalue weighted by Crippen LogP contribution is 2.42. The lowest BCUT2D eigenvalue weighted by Crippen LogP contribution is -2.37. The molecule has 2 heteroatoms. The molecule has 0 aliphatic heterocycles. The van der Waals surface area contributed by atoms with Gasteiger partial charge in [-0.1, -0.05) is 84.9 Å². The highest BCUT2D eigenvalue weighted by Gasteiger charge is 2.32. The van der Waals surface area contributed by atoms with Gasteiger partial charge in [0.1, 0.15) is 0 Å². The van der Waals surface area contributed by atoms with Crippen LogP contribution in [0.4, 0.5) is 11.4 Å². The van der Waals surface area contributed by atoms with Gasteiger partial charge in [0.05, 0.1) is 5.54 Å². The number of rotatable bonds is 3. The number of para-hydroxylation sites is 1. The summed E-state index contributed by atoms with van der Waals surface area (Å²) in [5.41, 5.74) is 11.9. The van der Waals surface area contributed by atoms with E-state index >= 15 is 0 Å². The van der Waals surface area contributed by atoms with E-state index in [0.717, 1.165) is 22.5 Å². The molecule has 1 unspecified atom stereocenters. The summed E-state index contributed by atoms with van der Waals surface area (Å²) in [4.78, 5) is 0. The fourth-order valence-corrected chi connectivity index (χ4v) is 3.98. The minimum absolute atomic E-state index is 0.626. The van der Waals surface area contributed by atoms with Crippen LogP contribution in [0.5, 0.6) is 0 Å². The highest BCUT2D eigenvalue weighted by atomic mass is 14.9. The number of anilines is 2. The van der Waals surface area contributed by atoms with Gasteiger partial charge in [-0.15, -0.1) is 0 Å². The zero-order valence-electron chi connectivity index (χ0n) is 14.9. The van der Waals surface area contributed by atoms with Gasteiger partial charge in [-0.25, -0.2) is 0 Å². The third kappa shape index (κ3) is 2.54. The SMILES string of the molecule is NC1(c2ccccc2)C=Cc2cccc3c(Nc4ccccc4)ccc1c23. The molecule has 1 aliphatic rings. The molecule has 27 heavy (non-hydrogen) atoms. The van der Waals surface area contributed by atoms with Crippen molar-refractivity contribution in [2.75, 3.05) is 5.32 Å². The second kappa shape index (κ2) is 6.11. The van der Waals surface area contributed by atoms with Crippen LogP contribution < -0.4 is 11.1 Å². The first-order valence-electron chi connectivity index (χ1n) is 9.18. The van der Waals surface area contributed by atoms with E-state index in [4.69, 9.17) is 5.73 Å². The van der Waals surface area contributed by atoms with Crippen molar-refractivity contribution in [3.63, 3.8) is 0 Å². The lowest BCUT2D eigenvalue weighted by molar-refractivity contribution is 0.688. The van der Waals surface area contributed by atoms with Gasteiger partial charge in [-0.2, -0.15) is 0 Å². The topological polar surface area (TPSA) is 38.0 Å². The molecule has 0 saturated heterocycles. The standard InChI is InChI=1S/C25H20N2/c26-25(19-9-3-1-4-10-19)17-16-18-8-7-13-21-23(15-14-22(25)24(18)21)27-20-11-5-2-6-12-20/h1-17,27H,26H2. The van der Waals surface area contributed by atoms with Crippen LogP contribution in [0.2, 0.25) is 0 Å². The first-order chi connectivity index (χ1) is 13.3. The second-order valence-electron chi connectivity index (χ2n) is 6.99. The van der Waals surface area contributed by atoms with Crippen LogP contribution in [0.1, 0.15) is 16.7 Å². The van der Waals surface area contributed by atoms with E-state index < -0.39 is 5.54 Å². The Bertz CT molecular complexity index is 1150. The molecular formula is C25H20N2. The summed E-state index contributed by atoms with van der Waals surface area (Å²) in [6.07, 6.45) is 4.26. The molecule has 0 amide bonds. The smallest absolute Gasteiger partial charge is 0.0862 e. The monoisotopic (exact) mass is 348 g/mol. The number of benzene rings is 4. The molecule has 4 aromatic carbocycles. The normalized spacial score (nSPS) is 17.8. The van der Waals surface area contributed by atoms with Crippen molar-refractivity contribution in [1.82, 2.24) is 0 Å². The van der Waals surface area contributed by atoms with Crippen molar-refractivity contribution in [2.24, 2.45) is 5.73 Å². The fourth-order valence-electron chi connectivity index (χ4n) is 3.98. The summed E-state index contributed by atoms with van der Waals surface area (Å²) in [7, 11) is 0. The molecule has 5 rings (SSSR count). The molecule has 130 valence electrons. The van der Waals surface area contributed by atoms with Gasteiger partial charge in [0.15, 0.2) is 0 Å². The van der Waals surface area contributed by atoms with Crippen molar-refractivity contribution < 1.29 is 0 Å². The molecule has 0 saturated carbocycles. The Labute approximate surface area is 159 Å². The summed E-state index contributed by atoms with van der Waals surface area (Å²) in [6.45, 7) is 0. The van der Waals surface area contributed by atoms with E-state index in [-0.39, 0.29) is 0 Å². The minimum Gasteiger partial charge on any atom is -0.355 e. The first-order valence-corrected chi connectivity index (χ1v) is 9.18. The lowest BCUT2D eigenvalue weighted by atomic mass is 9.76. The molecule has 0 heterocycles. The number of nitrogens with one attached hydrogen (secondary N) is 1. The van der Waals surface area contributed by atoms with Crippen LogP contribution in [0.15, 0.2) is 97.1 Å². The second-order valence-corrected chi connectivity index (χ2v) is 6.99. The lowest BCUT2D eigenvalue weighted by Gasteiger charge is -2.32. The van der Waals surface area contributed by atoms with E-state index in [1.165, 1.54) is 16.3 Å². The Morgan fingerprint density at radius 2 is 1.44 bits per heavy atom. The molecule has 0 spiro atoms. The molecular weight excluding hydrogens is 328 g/mol. The van der Waals surface area contributed by atoms with Crippen LogP contribution in [0.25, 0.3) is 16.8 Å². The maximum Gasteiger partial charge on any atom is 0.0862 e. The molecule has 3 N–H and O–H groups in total.